The number of thioether (sulfide) groups is 1. The lowest BCUT2D eigenvalue weighted by Crippen LogP contribution is -2.47. The summed E-state index contributed by atoms with van der Waals surface area (Å²) in [7, 11) is 0. The quantitative estimate of drug-likeness (QED) is 0.784. The average Bonchev–Trinajstić information content (AvgIpc) is 3.22. The Kier molecular flexibility index (Phi) is 4.75. The smallest absolute Gasteiger partial charge is 0.229 e. The molecule has 1 aromatic heterocycles. The van der Waals surface area contributed by atoms with Crippen molar-refractivity contribution in [1.29, 1.82) is 5.26 Å². The Hall–Kier alpha value is -2.23. The number of carbonyl (C=O) groups excluding carboxylic acids is 1. The Labute approximate surface area is 161 Å². The zero-order valence-electron chi connectivity index (χ0n) is 14.5. The largest absolute Gasteiger partial charge is 0.343 e. The number of amides is 1. The van der Waals surface area contributed by atoms with Gasteiger partial charge in [-0.3, -0.25) is 9.69 Å². The molecule has 2 aliphatic rings. The maximum Gasteiger partial charge on any atom is 0.229 e. The van der Waals surface area contributed by atoms with E-state index in [9.17, 15) is 10.1 Å². The normalized spacial score (nSPS) is 20.2. The van der Waals surface area contributed by atoms with Crippen LogP contribution in [0.4, 0.5) is 5.69 Å². The van der Waals surface area contributed by atoms with Gasteiger partial charge in [0.05, 0.1) is 29.2 Å². The van der Waals surface area contributed by atoms with Crippen molar-refractivity contribution in [1.82, 2.24) is 4.90 Å². The van der Waals surface area contributed by atoms with Crippen molar-refractivity contribution in [2.75, 3.05) is 17.4 Å². The van der Waals surface area contributed by atoms with E-state index < -0.39 is 0 Å². The third-order valence-electron chi connectivity index (χ3n) is 4.89. The van der Waals surface area contributed by atoms with Crippen molar-refractivity contribution in [3.8, 4) is 6.07 Å². The van der Waals surface area contributed by atoms with Crippen molar-refractivity contribution in [2.45, 2.75) is 25.7 Å². The number of aryl methyl sites for hydroxylation is 1. The Morgan fingerprint density at radius 2 is 2.12 bits per heavy atom. The molecular formula is C20H19N3OS2. The third kappa shape index (κ3) is 2.91. The highest BCUT2D eigenvalue weighted by atomic mass is 32.2. The number of anilines is 1. The van der Waals surface area contributed by atoms with Gasteiger partial charge in [-0.15, -0.1) is 11.3 Å². The fourth-order valence-electron chi connectivity index (χ4n) is 3.57. The Balaban J connectivity index is 1.67. The van der Waals surface area contributed by atoms with E-state index >= 15 is 0 Å². The van der Waals surface area contributed by atoms with Crippen LogP contribution in [0.2, 0.25) is 0 Å². The molecule has 0 radical (unpaired) electrons. The molecule has 1 fully saturated rings. The van der Waals surface area contributed by atoms with Crippen LogP contribution in [0.15, 0.2) is 52.4 Å². The van der Waals surface area contributed by atoms with E-state index in [0.29, 0.717) is 13.1 Å². The lowest BCUT2D eigenvalue weighted by molar-refractivity contribution is -0.129. The first kappa shape index (κ1) is 17.2. The van der Waals surface area contributed by atoms with E-state index in [4.69, 9.17) is 0 Å². The summed E-state index contributed by atoms with van der Waals surface area (Å²) in [6.07, 6.45) is 1.33. The van der Waals surface area contributed by atoms with Crippen LogP contribution in [-0.4, -0.2) is 23.4 Å². The summed E-state index contributed by atoms with van der Waals surface area (Å²) >= 11 is 3.22. The van der Waals surface area contributed by atoms with Crippen LogP contribution >= 0.6 is 23.1 Å². The fraction of sp³-hybridized carbons (Fsp3) is 0.300. The van der Waals surface area contributed by atoms with Gasteiger partial charge in [-0.05, 0) is 29.5 Å². The van der Waals surface area contributed by atoms with Crippen LogP contribution in [0.25, 0.3) is 0 Å². The number of thiophene rings is 1. The number of nitriles is 1. The average molecular weight is 382 g/mol. The summed E-state index contributed by atoms with van der Waals surface area (Å²) in [5.74, 6) is 0.752. The molecular weight excluding hydrogens is 362 g/mol. The lowest BCUT2D eigenvalue weighted by atomic mass is 9.92. The molecule has 0 aliphatic carbocycles. The summed E-state index contributed by atoms with van der Waals surface area (Å²) in [4.78, 5) is 18.0. The minimum absolute atomic E-state index is 0.0965. The molecule has 0 bridgehead atoms. The molecule has 1 amide bonds. The Bertz CT molecular complexity index is 898. The molecule has 0 spiro atoms. The van der Waals surface area contributed by atoms with Gasteiger partial charge in [0.2, 0.25) is 5.91 Å². The summed E-state index contributed by atoms with van der Waals surface area (Å²) in [5, 5.41) is 12.6. The van der Waals surface area contributed by atoms with Crippen molar-refractivity contribution in [3.05, 3.63) is 62.8 Å². The number of hydrogen-bond acceptors (Lipinski definition) is 5. The first-order chi connectivity index (χ1) is 12.7. The molecule has 4 rings (SSSR count). The number of para-hydroxylation sites is 1. The van der Waals surface area contributed by atoms with E-state index in [1.165, 1.54) is 11.3 Å². The molecule has 4 nitrogen and oxygen atoms in total. The second kappa shape index (κ2) is 7.18. The van der Waals surface area contributed by atoms with E-state index in [1.807, 2.05) is 23.6 Å². The van der Waals surface area contributed by atoms with Crippen molar-refractivity contribution >= 4 is 34.7 Å². The van der Waals surface area contributed by atoms with Crippen LogP contribution in [-0.2, 0) is 11.2 Å². The van der Waals surface area contributed by atoms with E-state index in [1.54, 1.807) is 28.0 Å². The molecule has 26 heavy (non-hydrogen) atoms. The maximum atomic E-state index is 12.9. The molecule has 2 aliphatic heterocycles. The minimum Gasteiger partial charge on any atom is -0.343 e. The van der Waals surface area contributed by atoms with Gasteiger partial charge in [-0.2, -0.15) is 5.26 Å². The standard InChI is InChI=1S/C20H19N3OS2/c1-2-14-6-3-4-7-17(14)22-12-23-19(24)10-15(18-8-5-9-25-18)16(11-21)20(23)26-13-22/h3-9,15H,2,10,12-13H2,1H3/t15-/m1/s1. The Morgan fingerprint density at radius 1 is 1.27 bits per heavy atom. The van der Waals surface area contributed by atoms with Gasteiger partial charge in [-0.25, -0.2) is 0 Å². The number of carbonyl (C=O) groups is 1. The predicted molar refractivity (Wildman–Crippen MR) is 107 cm³/mol. The number of rotatable bonds is 3. The monoisotopic (exact) mass is 381 g/mol. The van der Waals surface area contributed by atoms with Crippen LogP contribution < -0.4 is 4.90 Å². The zero-order valence-corrected chi connectivity index (χ0v) is 16.1. The first-order valence-corrected chi connectivity index (χ1v) is 10.5. The highest BCUT2D eigenvalue weighted by molar-refractivity contribution is 8.03. The molecule has 1 aromatic carbocycles. The van der Waals surface area contributed by atoms with Gasteiger partial charge >= 0.3 is 0 Å². The maximum absolute atomic E-state index is 12.9. The highest BCUT2D eigenvalue weighted by Crippen LogP contribution is 2.44. The molecule has 0 N–H and O–H groups in total. The second-order valence-electron chi connectivity index (χ2n) is 6.36. The molecule has 132 valence electrons. The fourth-order valence-corrected chi connectivity index (χ4v) is 5.56. The molecule has 0 saturated carbocycles. The van der Waals surface area contributed by atoms with Crippen LogP contribution in [0.1, 0.15) is 29.7 Å². The number of fused-ring (bicyclic) bond motifs is 1. The van der Waals surface area contributed by atoms with Gasteiger partial charge in [0.25, 0.3) is 0 Å². The van der Waals surface area contributed by atoms with Gasteiger partial charge in [0.1, 0.15) is 0 Å². The van der Waals surface area contributed by atoms with Gasteiger partial charge in [0.15, 0.2) is 0 Å². The van der Waals surface area contributed by atoms with Crippen LogP contribution in [0.5, 0.6) is 0 Å². The molecule has 2 aromatic rings. The van der Waals surface area contributed by atoms with E-state index in [2.05, 4.69) is 36.1 Å². The van der Waals surface area contributed by atoms with Crippen molar-refractivity contribution in [3.63, 3.8) is 0 Å². The summed E-state index contributed by atoms with van der Waals surface area (Å²) in [5.41, 5.74) is 3.19. The number of nitrogens with zero attached hydrogens (tertiary/aromatic N) is 3. The van der Waals surface area contributed by atoms with E-state index in [-0.39, 0.29) is 11.8 Å². The first-order valence-electron chi connectivity index (χ1n) is 8.66. The van der Waals surface area contributed by atoms with Crippen molar-refractivity contribution in [2.24, 2.45) is 0 Å². The van der Waals surface area contributed by atoms with Gasteiger partial charge < -0.3 is 4.90 Å². The minimum atomic E-state index is -0.0965. The molecule has 3 heterocycles. The predicted octanol–water partition coefficient (Wildman–Crippen LogP) is 4.53. The molecule has 0 unspecified atom stereocenters. The van der Waals surface area contributed by atoms with Gasteiger partial charge in [0, 0.05) is 22.9 Å². The molecule has 1 saturated heterocycles. The zero-order chi connectivity index (χ0) is 18.1. The summed E-state index contributed by atoms with van der Waals surface area (Å²) < 4.78 is 0. The molecule has 6 heteroatoms. The van der Waals surface area contributed by atoms with Crippen molar-refractivity contribution < 1.29 is 4.79 Å². The third-order valence-corrected chi connectivity index (χ3v) is 7.03. The topological polar surface area (TPSA) is 47.3 Å². The highest BCUT2D eigenvalue weighted by Gasteiger charge is 2.38. The van der Waals surface area contributed by atoms with Crippen LogP contribution in [0.3, 0.4) is 0 Å². The van der Waals surface area contributed by atoms with Crippen LogP contribution in [0, 0.1) is 11.3 Å². The lowest BCUT2D eigenvalue weighted by Gasteiger charge is -2.42. The van der Waals surface area contributed by atoms with Gasteiger partial charge in [-0.1, -0.05) is 43.0 Å². The SMILES string of the molecule is CCc1ccccc1N1CSC2=C(C#N)[C@H](c3cccs3)CC(=O)N2C1. The Morgan fingerprint density at radius 3 is 2.85 bits per heavy atom. The number of benzene rings is 1. The number of allylic oxidation sites excluding steroid dienone is 1. The molecule has 1 atom stereocenters. The second-order valence-corrected chi connectivity index (χ2v) is 8.27. The van der Waals surface area contributed by atoms with E-state index in [0.717, 1.165) is 27.8 Å². The summed E-state index contributed by atoms with van der Waals surface area (Å²) in [6, 6.07) is 14.7. The summed E-state index contributed by atoms with van der Waals surface area (Å²) in [6.45, 7) is 2.66. The number of hydrogen-bond donors (Lipinski definition) is 0.